The van der Waals surface area contributed by atoms with Gasteiger partial charge in [-0.15, -0.1) is 0 Å². The average Bonchev–Trinajstić information content (AvgIpc) is 2.64. The van der Waals surface area contributed by atoms with Crippen LogP contribution < -0.4 is 10.6 Å². The highest BCUT2D eigenvalue weighted by atomic mass is 16.3. The second kappa shape index (κ2) is 7.59. The molecule has 0 aliphatic heterocycles. The van der Waals surface area contributed by atoms with Crippen molar-refractivity contribution in [1.29, 1.82) is 0 Å². The monoisotopic (exact) mass is 337 g/mol. The van der Waals surface area contributed by atoms with Crippen molar-refractivity contribution in [2.45, 2.75) is 13.0 Å². The normalized spacial score (nSPS) is 11.8. The molecule has 7 heteroatoms. The number of nitrogens with one attached hydrogen (secondary N) is 2. The zero-order valence-electron chi connectivity index (χ0n) is 13.7. The number of aromatic nitrogens is 3. The molecule has 0 fully saturated rings. The first-order valence-corrected chi connectivity index (χ1v) is 7.88. The molecule has 2 heterocycles. The summed E-state index contributed by atoms with van der Waals surface area (Å²) in [5, 5.41) is 24.9. The van der Waals surface area contributed by atoms with Gasteiger partial charge in [-0.3, -0.25) is 4.98 Å². The van der Waals surface area contributed by atoms with Crippen LogP contribution in [0.2, 0.25) is 0 Å². The lowest BCUT2D eigenvalue weighted by atomic mass is 10.2. The summed E-state index contributed by atoms with van der Waals surface area (Å²) >= 11 is 0. The summed E-state index contributed by atoms with van der Waals surface area (Å²) in [4.78, 5) is 13.2. The highest BCUT2D eigenvalue weighted by Gasteiger charge is 2.10. The minimum absolute atomic E-state index is 0.0299. The molecule has 0 aliphatic carbocycles. The van der Waals surface area contributed by atoms with Gasteiger partial charge >= 0.3 is 0 Å². The van der Waals surface area contributed by atoms with Crippen molar-refractivity contribution in [3.05, 3.63) is 54.7 Å². The summed E-state index contributed by atoms with van der Waals surface area (Å²) in [6, 6.07) is 13.9. The quantitative estimate of drug-likeness (QED) is 0.513. The molecule has 3 aromatic rings. The summed E-state index contributed by atoms with van der Waals surface area (Å²) in [7, 11) is 0. The number of phenols is 1. The first-order chi connectivity index (χ1) is 12.1. The number of hydrogen-bond donors (Lipinski definition) is 4. The molecule has 0 aliphatic rings. The van der Waals surface area contributed by atoms with Gasteiger partial charge in [0.15, 0.2) is 0 Å². The number of benzene rings is 1. The van der Waals surface area contributed by atoms with Gasteiger partial charge in [-0.1, -0.05) is 6.07 Å². The molecule has 1 aromatic carbocycles. The van der Waals surface area contributed by atoms with Crippen LogP contribution in [0.5, 0.6) is 5.75 Å². The third-order valence-corrected chi connectivity index (χ3v) is 3.44. The maximum atomic E-state index is 9.39. The minimum atomic E-state index is -0.180. The largest absolute Gasteiger partial charge is 0.508 e. The Balaban J connectivity index is 1.95. The van der Waals surface area contributed by atoms with E-state index in [9.17, 15) is 10.2 Å². The lowest BCUT2D eigenvalue weighted by Crippen LogP contribution is -2.21. The Morgan fingerprint density at radius 1 is 1.04 bits per heavy atom. The fourth-order valence-corrected chi connectivity index (χ4v) is 2.18. The Hall–Kier alpha value is -3.19. The van der Waals surface area contributed by atoms with Gasteiger partial charge < -0.3 is 20.8 Å². The Morgan fingerprint density at radius 3 is 2.52 bits per heavy atom. The van der Waals surface area contributed by atoms with Crippen molar-refractivity contribution in [2.24, 2.45) is 0 Å². The van der Waals surface area contributed by atoms with Gasteiger partial charge in [0.1, 0.15) is 11.6 Å². The third kappa shape index (κ3) is 4.42. The molecule has 25 heavy (non-hydrogen) atoms. The van der Waals surface area contributed by atoms with E-state index in [0.29, 0.717) is 17.5 Å². The smallest absolute Gasteiger partial charge is 0.225 e. The Kier molecular flexibility index (Phi) is 5.06. The number of phenolic OH excluding ortho intramolecular Hbond substituents is 1. The molecule has 1 atom stereocenters. The number of rotatable bonds is 6. The number of anilines is 3. The second-order valence-corrected chi connectivity index (χ2v) is 5.58. The van der Waals surface area contributed by atoms with E-state index in [1.54, 1.807) is 36.5 Å². The maximum Gasteiger partial charge on any atom is 0.225 e. The van der Waals surface area contributed by atoms with Crippen LogP contribution in [0.25, 0.3) is 11.4 Å². The Bertz CT molecular complexity index is 825. The summed E-state index contributed by atoms with van der Waals surface area (Å²) in [5.41, 5.74) is 2.16. The molecule has 0 radical (unpaired) electrons. The number of aromatic hydroxyl groups is 1. The predicted molar refractivity (Wildman–Crippen MR) is 96.8 cm³/mol. The molecule has 4 N–H and O–H groups in total. The topological polar surface area (TPSA) is 103 Å². The predicted octanol–water partition coefficient (Wildman–Crippen LogP) is 2.78. The fourth-order valence-electron chi connectivity index (χ4n) is 2.18. The zero-order valence-corrected chi connectivity index (χ0v) is 13.7. The number of pyridine rings is 1. The van der Waals surface area contributed by atoms with E-state index in [1.807, 2.05) is 25.1 Å². The summed E-state index contributed by atoms with van der Waals surface area (Å²) in [5.74, 6) is 1.17. The second-order valence-electron chi connectivity index (χ2n) is 5.58. The van der Waals surface area contributed by atoms with Crippen LogP contribution in [0, 0.1) is 0 Å². The molecule has 0 saturated carbocycles. The van der Waals surface area contributed by atoms with E-state index < -0.39 is 0 Å². The van der Waals surface area contributed by atoms with E-state index in [1.165, 1.54) is 0 Å². The fraction of sp³-hybridized carbons (Fsp3) is 0.167. The molecule has 0 saturated heterocycles. The first kappa shape index (κ1) is 16.7. The van der Waals surface area contributed by atoms with Gasteiger partial charge in [0, 0.05) is 24.0 Å². The van der Waals surface area contributed by atoms with Crippen LogP contribution in [0.1, 0.15) is 6.92 Å². The molecule has 0 bridgehead atoms. The van der Waals surface area contributed by atoms with Gasteiger partial charge in [-0.2, -0.15) is 4.98 Å². The highest BCUT2D eigenvalue weighted by Crippen LogP contribution is 2.23. The molecule has 2 aromatic heterocycles. The van der Waals surface area contributed by atoms with Crippen molar-refractivity contribution in [2.75, 3.05) is 17.2 Å². The first-order valence-electron chi connectivity index (χ1n) is 7.88. The van der Waals surface area contributed by atoms with Crippen LogP contribution in [0.4, 0.5) is 17.5 Å². The lowest BCUT2D eigenvalue weighted by Gasteiger charge is -2.14. The van der Waals surface area contributed by atoms with Gasteiger partial charge in [-0.05, 0) is 43.3 Å². The molecule has 7 nitrogen and oxygen atoms in total. The lowest BCUT2D eigenvalue weighted by molar-refractivity contribution is 0.281. The van der Waals surface area contributed by atoms with Gasteiger partial charge in [0.25, 0.3) is 0 Å². The number of aliphatic hydroxyl groups is 1. The summed E-state index contributed by atoms with van der Waals surface area (Å²) in [6.07, 6.45) is 1.70. The summed E-state index contributed by atoms with van der Waals surface area (Å²) < 4.78 is 0. The zero-order chi connectivity index (χ0) is 17.6. The van der Waals surface area contributed by atoms with Crippen molar-refractivity contribution >= 4 is 17.5 Å². The third-order valence-electron chi connectivity index (χ3n) is 3.44. The van der Waals surface area contributed by atoms with Crippen LogP contribution in [0.3, 0.4) is 0 Å². The molecular formula is C18H19N5O2. The van der Waals surface area contributed by atoms with Crippen molar-refractivity contribution in [3.63, 3.8) is 0 Å². The highest BCUT2D eigenvalue weighted by molar-refractivity contribution is 5.65. The van der Waals surface area contributed by atoms with Crippen LogP contribution >= 0.6 is 0 Å². The number of hydrogen-bond acceptors (Lipinski definition) is 7. The number of nitrogens with zero attached hydrogens (tertiary/aromatic N) is 3. The van der Waals surface area contributed by atoms with E-state index in [2.05, 4.69) is 25.6 Å². The van der Waals surface area contributed by atoms with E-state index >= 15 is 0 Å². The Labute approximate surface area is 145 Å². The molecule has 0 unspecified atom stereocenters. The Morgan fingerprint density at radius 2 is 1.84 bits per heavy atom. The van der Waals surface area contributed by atoms with E-state index in [-0.39, 0.29) is 18.4 Å². The number of aliphatic hydroxyl groups excluding tert-OH is 1. The van der Waals surface area contributed by atoms with Gasteiger partial charge in [0.2, 0.25) is 5.95 Å². The average molecular weight is 337 g/mol. The molecule has 0 spiro atoms. The molecule has 0 amide bonds. The molecule has 3 rings (SSSR count). The van der Waals surface area contributed by atoms with Crippen LogP contribution in [-0.4, -0.2) is 37.8 Å². The standard InChI is InChI=1S/C18H19N5O2/c1-12(11-24)20-18-22-16(15-4-2-3-9-19-15)10-17(23-18)21-13-5-7-14(25)8-6-13/h2-10,12,24-25H,11H2,1H3,(H2,20,21,22,23)/t12-/m1/s1. The summed E-state index contributed by atoms with van der Waals surface area (Å²) in [6.45, 7) is 1.81. The van der Waals surface area contributed by atoms with Gasteiger partial charge in [-0.25, -0.2) is 4.98 Å². The van der Waals surface area contributed by atoms with Crippen molar-refractivity contribution < 1.29 is 10.2 Å². The van der Waals surface area contributed by atoms with Gasteiger partial charge in [0.05, 0.1) is 18.0 Å². The van der Waals surface area contributed by atoms with E-state index in [4.69, 9.17) is 0 Å². The molecular weight excluding hydrogens is 318 g/mol. The SMILES string of the molecule is C[C@H](CO)Nc1nc(Nc2ccc(O)cc2)cc(-c2ccccn2)n1. The molecule has 128 valence electrons. The van der Waals surface area contributed by atoms with Crippen molar-refractivity contribution in [3.8, 4) is 17.1 Å². The minimum Gasteiger partial charge on any atom is -0.508 e. The maximum absolute atomic E-state index is 9.39. The van der Waals surface area contributed by atoms with Crippen LogP contribution in [-0.2, 0) is 0 Å². The van der Waals surface area contributed by atoms with E-state index in [0.717, 1.165) is 11.4 Å². The van der Waals surface area contributed by atoms with Crippen molar-refractivity contribution in [1.82, 2.24) is 15.0 Å². The van der Waals surface area contributed by atoms with Crippen LogP contribution in [0.15, 0.2) is 54.7 Å².